The maximum absolute atomic E-state index is 14.6. The van der Waals surface area contributed by atoms with E-state index in [9.17, 15) is 14.0 Å². The van der Waals surface area contributed by atoms with Gasteiger partial charge in [0.25, 0.3) is 5.91 Å². The molecule has 0 saturated heterocycles. The minimum Gasteiger partial charge on any atom is -0.359 e. The van der Waals surface area contributed by atoms with E-state index in [0.29, 0.717) is 28.3 Å². The van der Waals surface area contributed by atoms with E-state index < -0.39 is 11.8 Å². The van der Waals surface area contributed by atoms with E-state index in [1.807, 2.05) is 20.8 Å². The van der Waals surface area contributed by atoms with Crippen LogP contribution >= 0.6 is 0 Å². The molecule has 0 aliphatic carbocycles. The number of hydrogen-bond acceptors (Lipinski definition) is 5. The molecule has 9 nitrogen and oxygen atoms in total. The number of carbonyl (C=O) groups is 2. The van der Waals surface area contributed by atoms with Crippen LogP contribution in [-0.2, 0) is 10.2 Å². The molecule has 0 bridgehead atoms. The molecule has 4 rings (SSSR count). The van der Waals surface area contributed by atoms with E-state index >= 15 is 0 Å². The SMILES string of the molecule is CC(C)(C)c1cc(NC(=O)Nc2cc3c(cc2F)/C(=C/c2cnc[nH]2)C(=O)N3)no1. The van der Waals surface area contributed by atoms with Crippen molar-refractivity contribution in [3.8, 4) is 0 Å². The van der Waals surface area contributed by atoms with Crippen LogP contribution in [0.1, 0.15) is 37.8 Å². The average Bonchev–Trinajstić information content (AvgIpc) is 3.38. The van der Waals surface area contributed by atoms with E-state index in [-0.39, 0.29) is 22.8 Å². The summed E-state index contributed by atoms with van der Waals surface area (Å²) in [6.07, 6.45) is 4.60. The van der Waals surface area contributed by atoms with Gasteiger partial charge in [0.05, 0.1) is 35.2 Å². The number of amides is 3. The highest BCUT2D eigenvalue weighted by molar-refractivity contribution is 6.35. The first kappa shape index (κ1) is 19.4. The minimum absolute atomic E-state index is 0.0890. The first-order valence-corrected chi connectivity index (χ1v) is 9.11. The number of nitrogens with zero attached hydrogens (tertiary/aromatic N) is 2. The highest BCUT2D eigenvalue weighted by atomic mass is 19.1. The fourth-order valence-corrected chi connectivity index (χ4v) is 2.91. The van der Waals surface area contributed by atoms with Crippen LogP contribution in [0.15, 0.2) is 35.2 Å². The number of nitrogens with one attached hydrogen (secondary N) is 4. The zero-order valence-electron chi connectivity index (χ0n) is 16.5. The number of rotatable bonds is 3. The van der Waals surface area contributed by atoms with Gasteiger partial charge in [0.2, 0.25) is 0 Å². The lowest BCUT2D eigenvalue weighted by Gasteiger charge is -2.12. The van der Waals surface area contributed by atoms with E-state index in [0.717, 1.165) is 0 Å². The van der Waals surface area contributed by atoms with Gasteiger partial charge in [0, 0.05) is 17.0 Å². The van der Waals surface area contributed by atoms with Crippen molar-refractivity contribution in [1.29, 1.82) is 0 Å². The molecule has 0 saturated carbocycles. The Morgan fingerprint density at radius 2 is 2.03 bits per heavy atom. The van der Waals surface area contributed by atoms with Crippen LogP contribution in [-0.4, -0.2) is 27.1 Å². The lowest BCUT2D eigenvalue weighted by atomic mass is 9.93. The summed E-state index contributed by atoms with van der Waals surface area (Å²) >= 11 is 0. The van der Waals surface area contributed by atoms with E-state index in [4.69, 9.17) is 4.52 Å². The number of halogens is 1. The average molecular weight is 410 g/mol. The van der Waals surface area contributed by atoms with Gasteiger partial charge in [-0.15, -0.1) is 0 Å². The maximum Gasteiger partial charge on any atom is 0.325 e. The molecule has 154 valence electrons. The summed E-state index contributed by atoms with van der Waals surface area (Å²) in [5.74, 6) is -0.262. The molecule has 0 fully saturated rings. The summed E-state index contributed by atoms with van der Waals surface area (Å²) in [7, 11) is 0. The molecular formula is C20H19FN6O3. The second kappa shape index (κ2) is 7.14. The molecule has 3 aromatic rings. The summed E-state index contributed by atoms with van der Waals surface area (Å²) in [4.78, 5) is 31.3. The van der Waals surface area contributed by atoms with Gasteiger partial charge in [-0.3, -0.25) is 10.1 Å². The third kappa shape index (κ3) is 3.79. The highest BCUT2D eigenvalue weighted by Crippen LogP contribution is 2.36. The molecule has 1 aliphatic heterocycles. The number of fused-ring (bicyclic) bond motifs is 1. The fourth-order valence-electron chi connectivity index (χ4n) is 2.91. The van der Waals surface area contributed by atoms with E-state index in [2.05, 4.69) is 31.1 Å². The molecule has 0 spiro atoms. The smallest absolute Gasteiger partial charge is 0.325 e. The molecular weight excluding hydrogens is 391 g/mol. The van der Waals surface area contributed by atoms with Gasteiger partial charge in [-0.05, 0) is 18.2 Å². The van der Waals surface area contributed by atoms with Crippen molar-refractivity contribution in [3.63, 3.8) is 0 Å². The molecule has 0 radical (unpaired) electrons. The lowest BCUT2D eigenvalue weighted by molar-refractivity contribution is -0.110. The van der Waals surface area contributed by atoms with Crippen molar-refractivity contribution in [3.05, 3.63) is 53.6 Å². The van der Waals surface area contributed by atoms with Gasteiger partial charge in [-0.2, -0.15) is 0 Å². The topological polar surface area (TPSA) is 125 Å². The van der Waals surface area contributed by atoms with Gasteiger partial charge in [-0.25, -0.2) is 14.2 Å². The Morgan fingerprint density at radius 1 is 1.23 bits per heavy atom. The van der Waals surface area contributed by atoms with Crippen LogP contribution in [0.25, 0.3) is 11.6 Å². The number of anilines is 3. The van der Waals surface area contributed by atoms with Gasteiger partial charge in [0.15, 0.2) is 5.82 Å². The molecule has 3 amide bonds. The predicted octanol–water partition coefficient (Wildman–Crippen LogP) is 3.97. The van der Waals surface area contributed by atoms with Crippen molar-refractivity contribution in [1.82, 2.24) is 15.1 Å². The highest BCUT2D eigenvalue weighted by Gasteiger charge is 2.27. The molecule has 3 heterocycles. The molecule has 30 heavy (non-hydrogen) atoms. The van der Waals surface area contributed by atoms with Gasteiger partial charge in [0.1, 0.15) is 11.6 Å². The van der Waals surface area contributed by atoms with Gasteiger partial charge < -0.3 is 20.1 Å². The second-order valence-corrected chi connectivity index (χ2v) is 7.80. The fraction of sp³-hybridized carbons (Fsp3) is 0.200. The molecule has 2 aromatic heterocycles. The summed E-state index contributed by atoms with van der Waals surface area (Å²) in [6.45, 7) is 5.84. The van der Waals surface area contributed by atoms with Crippen LogP contribution < -0.4 is 16.0 Å². The van der Waals surface area contributed by atoms with E-state index in [1.165, 1.54) is 18.5 Å². The summed E-state index contributed by atoms with van der Waals surface area (Å²) in [6, 6.07) is 3.46. The third-order valence-electron chi connectivity index (χ3n) is 4.45. The molecule has 1 aliphatic rings. The molecule has 10 heteroatoms. The predicted molar refractivity (Wildman–Crippen MR) is 109 cm³/mol. The quantitative estimate of drug-likeness (QED) is 0.486. The Kier molecular flexibility index (Phi) is 4.61. The van der Waals surface area contributed by atoms with Crippen LogP contribution in [0.2, 0.25) is 0 Å². The van der Waals surface area contributed by atoms with Crippen LogP contribution in [0.4, 0.5) is 26.4 Å². The number of imidazole rings is 1. The first-order valence-electron chi connectivity index (χ1n) is 9.11. The molecule has 1 aromatic carbocycles. The Bertz CT molecular complexity index is 1160. The van der Waals surface area contributed by atoms with Crippen molar-refractivity contribution in [2.75, 3.05) is 16.0 Å². The Hall–Kier alpha value is -3.95. The second-order valence-electron chi connectivity index (χ2n) is 7.80. The molecule has 0 unspecified atom stereocenters. The number of aromatic amines is 1. The monoisotopic (exact) mass is 410 g/mol. The van der Waals surface area contributed by atoms with Crippen LogP contribution in [0, 0.1) is 5.82 Å². The Morgan fingerprint density at radius 3 is 2.70 bits per heavy atom. The largest absolute Gasteiger partial charge is 0.359 e. The standard InChI is InChI=1S/C20H19FN6O3/c1-20(2,3)16-7-17(27-30-16)26-19(29)25-15-6-14-11(5-13(15)21)12(18(28)24-14)4-10-8-22-9-23-10/h4-9H,1-3H3,(H,22,23)(H,24,28)(H2,25,26,27,29)/b12-4-. The summed E-state index contributed by atoms with van der Waals surface area (Å²) < 4.78 is 19.8. The lowest BCUT2D eigenvalue weighted by Crippen LogP contribution is -2.20. The van der Waals surface area contributed by atoms with Gasteiger partial charge >= 0.3 is 6.03 Å². The van der Waals surface area contributed by atoms with Crippen LogP contribution in [0.5, 0.6) is 0 Å². The Labute approximate surface area is 170 Å². The van der Waals surface area contributed by atoms with E-state index in [1.54, 1.807) is 18.3 Å². The third-order valence-corrected chi connectivity index (χ3v) is 4.45. The minimum atomic E-state index is -0.694. The van der Waals surface area contributed by atoms with Crippen LogP contribution in [0.3, 0.4) is 0 Å². The van der Waals surface area contributed by atoms with Crippen molar-refractivity contribution >= 4 is 40.8 Å². The number of carbonyl (C=O) groups excluding carboxylic acids is 2. The summed E-state index contributed by atoms with van der Waals surface area (Å²) in [5, 5.41) is 11.4. The first-order chi connectivity index (χ1) is 14.2. The zero-order chi connectivity index (χ0) is 21.5. The zero-order valence-corrected chi connectivity index (χ0v) is 16.5. The number of H-pyrrole nitrogens is 1. The Balaban J connectivity index is 1.53. The molecule has 0 atom stereocenters. The summed E-state index contributed by atoms with van der Waals surface area (Å²) in [5.41, 5.74) is 1.32. The van der Waals surface area contributed by atoms with Crippen molar-refractivity contribution in [2.24, 2.45) is 0 Å². The van der Waals surface area contributed by atoms with Crippen molar-refractivity contribution in [2.45, 2.75) is 26.2 Å². The number of urea groups is 1. The van der Waals surface area contributed by atoms with Crippen molar-refractivity contribution < 1.29 is 18.5 Å². The van der Waals surface area contributed by atoms with Gasteiger partial charge in [-0.1, -0.05) is 25.9 Å². The molecule has 4 N–H and O–H groups in total. The number of hydrogen-bond donors (Lipinski definition) is 4. The normalized spacial score (nSPS) is 14.5. The number of aromatic nitrogens is 3. The number of benzene rings is 1. The maximum atomic E-state index is 14.6.